The molecule has 1 atom stereocenters. The van der Waals surface area contributed by atoms with E-state index in [9.17, 15) is 29.4 Å². The molecule has 0 amide bonds. The summed E-state index contributed by atoms with van der Waals surface area (Å²) in [5.74, 6) is -4.15. The first-order valence-corrected chi connectivity index (χ1v) is 20.8. The van der Waals surface area contributed by atoms with Gasteiger partial charge >= 0.3 is 11.9 Å². The number of carbonyl (C=O) groups is 4. The van der Waals surface area contributed by atoms with Gasteiger partial charge in [-0.05, 0) is 64.2 Å². The van der Waals surface area contributed by atoms with Crippen LogP contribution < -0.4 is 0 Å². The molecular formula is C43H76O8. The zero-order valence-electron chi connectivity index (χ0n) is 32.7. The molecule has 0 aliphatic heterocycles. The van der Waals surface area contributed by atoms with E-state index in [1.165, 1.54) is 77.0 Å². The Morgan fingerprint density at radius 2 is 0.882 bits per heavy atom. The molecule has 0 aromatic carbocycles. The lowest BCUT2D eigenvalue weighted by Gasteiger charge is -2.28. The highest BCUT2D eigenvalue weighted by atomic mass is 16.5. The van der Waals surface area contributed by atoms with Crippen LogP contribution in [0.15, 0.2) is 24.3 Å². The second kappa shape index (κ2) is 34.7. The van der Waals surface area contributed by atoms with Crippen LogP contribution in [0.3, 0.4) is 0 Å². The Balaban J connectivity index is 4.78. The van der Waals surface area contributed by atoms with Gasteiger partial charge < -0.3 is 20.1 Å². The Morgan fingerprint density at radius 3 is 1.22 bits per heavy atom. The van der Waals surface area contributed by atoms with Gasteiger partial charge in [-0.2, -0.15) is 0 Å². The zero-order chi connectivity index (χ0) is 37.8. The number of rotatable bonds is 38. The molecule has 0 aromatic rings. The third kappa shape index (κ3) is 26.2. The lowest BCUT2D eigenvalue weighted by atomic mass is 9.73. The second-order valence-corrected chi connectivity index (χ2v) is 14.4. The summed E-state index contributed by atoms with van der Waals surface area (Å²) >= 11 is 0. The topological polar surface area (TPSA) is 138 Å². The molecule has 0 radical (unpaired) electrons. The number of aliphatic hydroxyl groups is 2. The van der Waals surface area contributed by atoms with Gasteiger partial charge in [-0.25, -0.2) is 0 Å². The zero-order valence-corrected chi connectivity index (χ0v) is 32.7. The summed E-state index contributed by atoms with van der Waals surface area (Å²) in [7, 11) is 0. The summed E-state index contributed by atoms with van der Waals surface area (Å²) in [6, 6.07) is 0. The average molecular weight is 721 g/mol. The number of ketones is 2. The molecule has 51 heavy (non-hydrogen) atoms. The van der Waals surface area contributed by atoms with Gasteiger partial charge in [0.2, 0.25) is 0 Å². The molecule has 8 heteroatoms. The highest BCUT2D eigenvalue weighted by Crippen LogP contribution is 2.32. The monoisotopic (exact) mass is 721 g/mol. The van der Waals surface area contributed by atoms with E-state index in [2.05, 4.69) is 38.2 Å². The molecule has 1 unspecified atom stereocenters. The summed E-state index contributed by atoms with van der Waals surface area (Å²) < 4.78 is 5.09. The fourth-order valence-electron chi connectivity index (χ4n) is 6.37. The van der Waals surface area contributed by atoms with Crippen LogP contribution in [0.25, 0.3) is 0 Å². The van der Waals surface area contributed by atoms with Gasteiger partial charge in [-0.1, -0.05) is 141 Å². The minimum Gasteiger partial charge on any atom is -0.481 e. The molecule has 0 heterocycles. The second-order valence-electron chi connectivity index (χ2n) is 14.4. The number of hydrogen-bond donors (Lipinski definition) is 3. The molecule has 0 saturated carbocycles. The molecule has 0 spiro atoms. The van der Waals surface area contributed by atoms with E-state index in [1.54, 1.807) is 0 Å². The number of Topliss-reactive ketones (excluding diaryl/α,β-unsaturated/α-hetero) is 2. The van der Waals surface area contributed by atoms with Crippen molar-refractivity contribution in [3.63, 3.8) is 0 Å². The molecule has 0 fully saturated rings. The molecule has 0 aromatic heterocycles. The number of carbonyl (C=O) groups excluding carboxylic acids is 3. The average Bonchev–Trinajstić information content (AvgIpc) is 3.12. The molecule has 0 saturated heterocycles. The lowest BCUT2D eigenvalue weighted by molar-refractivity contribution is -0.171. The fraction of sp³-hybridized carbons (Fsp3) is 0.814. The van der Waals surface area contributed by atoms with E-state index in [0.717, 1.165) is 77.0 Å². The van der Waals surface area contributed by atoms with E-state index in [-0.39, 0.29) is 12.8 Å². The smallest absolute Gasteiger partial charge is 0.328 e. The van der Waals surface area contributed by atoms with Crippen molar-refractivity contribution in [2.75, 3.05) is 13.2 Å². The molecule has 8 nitrogen and oxygen atoms in total. The third-order valence-electron chi connectivity index (χ3n) is 9.67. The lowest BCUT2D eigenvalue weighted by Crippen LogP contribution is -2.49. The SMILES string of the molecule is CCCCCCCC/C=C\CCCCCCCC(=O)C(CC(=O)O)(C(=O)CCCCCCC/C=C\CCCCCCCC)C(=O)OCC(O)CO. The van der Waals surface area contributed by atoms with Crippen molar-refractivity contribution in [2.24, 2.45) is 5.41 Å². The van der Waals surface area contributed by atoms with Crippen LogP contribution in [-0.4, -0.2) is 58.1 Å². The van der Waals surface area contributed by atoms with Crippen molar-refractivity contribution >= 4 is 23.5 Å². The van der Waals surface area contributed by atoms with Crippen molar-refractivity contribution in [2.45, 2.75) is 206 Å². The van der Waals surface area contributed by atoms with E-state index in [1.807, 2.05) is 0 Å². The van der Waals surface area contributed by atoms with Crippen LogP contribution in [0, 0.1) is 5.41 Å². The van der Waals surface area contributed by atoms with E-state index in [0.29, 0.717) is 12.8 Å². The first-order chi connectivity index (χ1) is 24.8. The summed E-state index contributed by atoms with van der Waals surface area (Å²) in [4.78, 5) is 52.4. The highest BCUT2D eigenvalue weighted by Gasteiger charge is 2.54. The third-order valence-corrected chi connectivity index (χ3v) is 9.67. The van der Waals surface area contributed by atoms with Gasteiger partial charge in [0.05, 0.1) is 13.0 Å². The standard InChI is InChI=1S/C43H76O8/c1-3-5-7-9-11-13-15-17-19-21-23-25-27-29-31-33-39(46)43(35-41(48)49,42(50)51-37-38(45)36-44)40(47)34-32-30-28-26-24-22-20-18-16-14-12-10-8-6-4-2/h17-20,38,44-45H,3-16,21-37H2,1-2H3,(H,48,49)/b19-17-,20-18-. The Kier molecular flexibility index (Phi) is 33.2. The minimum atomic E-state index is -2.44. The maximum absolute atomic E-state index is 13.6. The summed E-state index contributed by atoms with van der Waals surface area (Å²) in [5, 5.41) is 28.6. The van der Waals surface area contributed by atoms with Crippen LogP contribution in [0.2, 0.25) is 0 Å². The fourth-order valence-corrected chi connectivity index (χ4v) is 6.37. The Bertz CT molecular complexity index is 888. The Hall–Kier alpha value is -2.32. The summed E-state index contributed by atoms with van der Waals surface area (Å²) in [6.07, 6.45) is 34.6. The van der Waals surface area contributed by atoms with Gasteiger partial charge in [-0.3, -0.25) is 19.2 Å². The first kappa shape index (κ1) is 48.7. The molecule has 0 rings (SSSR count). The maximum Gasteiger partial charge on any atom is 0.328 e. The van der Waals surface area contributed by atoms with Crippen molar-refractivity contribution in [3.05, 3.63) is 24.3 Å². The van der Waals surface area contributed by atoms with Gasteiger partial charge in [0.25, 0.3) is 0 Å². The van der Waals surface area contributed by atoms with Crippen LogP contribution in [-0.2, 0) is 23.9 Å². The van der Waals surface area contributed by atoms with Crippen molar-refractivity contribution in [1.82, 2.24) is 0 Å². The number of hydrogen-bond acceptors (Lipinski definition) is 7. The van der Waals surface area contributed by atoms with Crippen LogP contribution >= 0.6 is 0 Å². The van der Waals surface area contributed by atoms with E-state index in [4.69, 9.17) is 9.84 Å². The maximum atomic E-state index is 13.6. The first-order valence-electron chi connectivity index (χ1n) is 20.8. The minimum absolute atomic E-state index is 0.0960. The van der Waals surface area contributed by atoms with Gasteiger partial charge in [-0.15, -0.1) is 0 Å². The Labute approximate surface area is 311 Å². The number of carboxylic acids is 1. The molecule has 0 aliphatic carbocycles. The molecule has 0 bridgehead atoms. The molecule has 0 aliphatic rings. The number of allylic oxidation sites excluding steroid dienone is 4. The number of esters is 1. The van der Waals surface area contributed by atoms with Gasteiger partial charge in [0.1, 0.15) is 12.7 Å². The number of unbranched alkanes of at least 4 members (excludes halogenated alkanes) is 22. The normalized spacial score (nSPS) is 12.5. The van der Waals surface area contributed by atoms with E-state index >= 15 is 0 Å². The number of aliphatic hydroxyl groups excluding tert-OH is 2. The van der Waals surface area contributed by atoms with E-state index < -0.39 is 54.7 Å². The van der Waals surface area contributed by atoms with Crippen molar-refractivity contribution in [3.8, 4) is 0 Å². The van der Waals surface area contributed by atoms with Crippen molar-refractivity contribution in [1.29, 1.82) is 0 Å². The Morgan fingerprint density at radius 1 is 0.549 bits per heavy atom. The number of carboxylic acid groups (broad SMARTS) is 1. The largest absolute Gasteiger partial charge is 0.481 e. The molecular weight excluding hydrogens is 644 g/mol. The quantitative estimate of drug-likeness (QED) is 0.0248. The van der Waals surface area contributed by atoms with Crippen LogP contribution in [0.5, 0.6) is 0 Å². The van der Waals surface area contributed by atoms with Crippen molar-refractivity contribution < 1.29 is 39.2 Å². The van der Waals surface area contributed by atoms with Crippen LogP contribution in [0.1, 0.15) is 200 Å². The number of aliphatic carboxylic acids is 1. The molecule has 3 N–H and O–H groups in total. The highest BCUT2D eigenvalue weighted by molar-refractivity contribution is 6.23. The number of ether oxygens (including phenoxy) is 1. The summed E-state index contributed by atoms with van der Waals surface area (Å²) in [5.41, 5.74) is -2.44. The predicted molar refractivity (Wildman–Crippen MR) is 208 cm³/mol. The predicted octanol–water partition coefficient (Wildman–Crippen LogP) is 10.6. The van der Waals surface area contributed by atoms with Crippen LogP contribution in [0.4, 0.5) is 0 Å². The van der Waals surface area contributed by atoms with Gasteiger partial charge in [0.15, 0.2) is 17.0 Å². The van der Waals surface area contributed by atoms with Gasteiger partial charge in [0, 0.05) is 12.8 Å². The molecule has 296 valence electrons. The summed E-state index contributed by atoms with van der Waals surface area (Å²) in [6.45, 7) is 3.16.